The Hall–Kier alpha value is -1.09. The van der Waals surface area contributed by atoms with Crippen molar-refractivity contribution in [3.05, 3.63) is 33.8 Å². The zero-order valence-electron chi connectivity index (χ0n) is 11.3. The summed E-state index contributed by atoms with van der Waals surface area (Å²) in [5.74, 6) is -3.03. The number of carboxylic acids is 1. The average molecular weight is 332 g/mol. The van der Waals surface area contributed by atoms with Crippen LogP contribution in [0.15, 0.2) is 22.7 Å². The van der Waals surface area contributed by atoms with Crippen molar-refractivity contribution in [1.82, 2.24) is 4.90 Å². The van der Waals surface area contributed by atoms with Gasteiger partial charge < -0.3 is 9.90 Å². The summed E-state index contributed by atoms with van der Waals surface area (Å²) in [5, 5.41) is 11.2. The number of aliphatic carboxylic acids is 1. The van der Waals surface area contributed by atoms with E-state index in [0.29, 0.717) is 4.47 Å². The van der Waals surface area contributed by atoms with E-state index in [4.69, 9.17) is 0 Å². The third kappa shape index (κ3) is 2.69. The van der Waals surface area contributed by atoms with Gasteiger partial charge in [-0.25, -0.2) is 0 Å². The molecule has 1 aromatic rings. The summed E-state index contributed by atoms with van der Waals surface area (Å²) in [5.41, 5.74) is 0.436. The maximum Gasteiger partial charge on any atom is 1.00 e. The van der Waals surface area contributed by atoms with Gasteiger partial charge in [0.05, 0.1) is 23.1 Å². The number of nitrogens with zero attached hydrogens (tertiary/aromatic N) is 1. The van der Waals surface area contributed by atoms with Gasteiger partial charge in [0.25, 0.3) is 11.8 Å². The standard InChI is InChI=1S/C13H12BrNO4.Li/c1-6(2)10(13(18)19)15-11(16)8-4-3-7(14)5-9(8)12(15)17;/h3-6,10H,1-2H3,(H,18,19);/q;+1/p-1. The van der Waals surface area contributed by atoms with Crippen LogP contribution in [0.5, 0.6) is 0 Å². The minimum Gasteiger partial charge on any atom is -0.548 e. The largest absolute Gasteiger partial charge is 1.00 e. The smallest absolute Gasteiger partial charge is 0.548 e. The Morgan fingerprint density at radius 2 is 1.75 bits per heavy atom. The van der Waals surface area contributed by atoms with Gasteiger partial charge in [-0.3, -0.25) is 14.5 Å². The van der Waals surface area contributed by atoms with Crippen LogP contribution < -0.4 is 24.0 Å². The predicted octanol–water partition coefficient (Wildman–Crippen LogP) is -2.18. The number of carboxylic acid groups (broad SMARTS) is 1. The fourth-order valence-corrected chi connectivity index (χ4v) is 2.52. The fourth-order valence-electron chi connectivity index (χ4n) is 2.16. The Morgan fingerprint density at radius 1 is 1.20 bits per heavy atom. The van der Waals surface area contributed by atoms with E-state index in [-0.39, 0.29) is 30.0 Å². The van der Waals surface area contributed by atoms with Gasteiger partial charge in [-0.15, -0.1) is 0 Å². The van der Waals surface area contributed by atoms with Crippen molar-refractivity contribution in [2.45, 2.75) is 19.9 Å². The molecule has 0 saturated heterocycles. The van der Waals surface area contributed by atoms with Crippen LogP contribution in [0.2, 0.25) is 0 Å². The molecule has 1 unspecified atom stereocenters. The van der Waals surface area contributed by atoms with Crippen molar-refractivity contribution in [3.63, 3.8) is 0 Å². The number of fused-ring (bicyclic) bond motifs is 1. The van der Waals surface area contributed by atoms with Crippen molar-refractivity contribution in [3.8, 4) is 0 Å². The molecule has 1 aromatic carbocycles. The molecule has 20 heavy (non-hydrogen) atoms. The third-order valence-corrected chi connectivity index (χ3v) is 3.52. The molecular weight excluding hydrogens is 321 g/mol. The van der Waals surface area contributed by atoms with Gasteiger partial charge in [0.2, 0.25) is 0 Å². The molecule has 0 fully saturated rings. The number of carbonyl (C=O) groups is 3. The SMILES string of the molecule is CC(C)C(C(=O)[O-])N1C(=O)c2ccc(Br)cc2C1=O.[Li+]. The molecule has 0 aliphatic carbocycles. The van der Waals surface area contributed by atoms with Crippen molar-refractivity contribution in [1.29, 1.82) is 0 Å². The Morgan fingerprint density at radius 3 is 2.25 bits per heavy atom. The first kappa shape index (κ1) is 17.0. The minimum atomic E-state index is -1.43. The molecule has 2 amide bonds. The summed E-state index contributed by atoms with van der Waals surface area (Å²) in [6.07, 6.45) is 0. The topological polar surface area (TPSA) is 77.5 Å². The van der Waals surface area contributed by atoms with Gasteiger partial charge >= 0.3 is 18.9 Å². The number of imide groups is 1. The summed E-state index contributed by atoms with van der Waals surface area (Å²) >= 11 is 3.22. The molecule has 5 nitrogen and oxygen atoms in total. The second kappa shape index (κ2) is 6.13. The van der Waals surface area contributed by atoms with Crippen molar-refractivity contribution >= 4 is 33.7 Å². The molecule has 1 heterocycles. The summed E-state index contributed by atoms with van der Waals surface area (Å²) < 4.78 is 0.656. The number of halogens is 1. The molecule has 1 aliphatic heterocycles. The van der Waals surface area contributed by atoms with Gasteiger partial charge in [-0.1, -0.05) is 29.8 Å². The minimum absolute atomic E-state index is 0. The Kier molecular flexibility index (Phi) is 5.19. The van der Waals surface area contributed by atoms with E-state index in [9.17, 15) is 19.5 Å². The molecule has 7 heteroatoms. The molecule has 0 N–H and O–H groups in total. The fraction of sp³-hybridized carbons (Fsp3) is 0.308. The second-order valence-corrected chi connectivity index (χ2v) is 5.59. The molecule has 1 atom stereocenters. The molecule has 0 spiro atoms. The third-order valence-electron chi connectivity index (χ3n) is 3.03. The quantitative estimate of drug-likeness (QED) is 0.466. The zero-order valence-corrected chi connectivity index (χ0v) is 12.9. The number of carbonyl (C=O) groups excluding carboxylic acids is 3. The molecule has 0 radical (unpaired) electrons. The van der Waals surface area contributed by atoms with Crippen molar-refractivity contribution in [2.24, 2.45) is 5.92 Å². The number of rotatable bonds is 3. The van der Waals surface area contributed by atoms with E-state index in [1.807, 2.05) is 0 Å². The monoisotopic (exact) mass is 331 g/mol. The number of hydrogen-bond donors (Lipinski definition) is 0. The van der Waals surface area contributed by atoms with Crippen LogP contribution in [-0.2, 0) is 4.79 Å². The molecular formula is C13H11BrLiNO4. The summed E-state index contributed by atoms with van der Waals surface area (Å²) in [4.78, 5) is 36.3. The van der Waals surface area contributed by atoms with Crippen LogP contribution in [0.1, 0.15) is 34.6 Å². The van der Waals surface area contributed by atoms with Crippen LogP contribution in [-0.4, -0.2) is 28.7 Å². The summed E-state index contributed by atoms with van der Waals surface area (Å²) in [6.45, 7) is 3.25. The van der Waals surface area contributed by atoms with E-state index in [1.165, 1.54) is 12.1 Å². The number of benzene rings is 1. The maximum atomic E-state index is 12.2. The Bertz CT molecular complexity index is 588. The maximum absolute atomic E-state index is 12.2. The average Bonchev–Trinajstić information content (AvgIpc) is 2.53. The second-order valence-electron chi connectivity index (χ2n) is 4.68. The zero-order chi connectivity index (χ0) is 14.3. The van der Waals surface area contributed by atoms with Crippen LogP contribution >= 0.6 is 15.9 Å². The first-order valence-corrected chi connectivity index (χ1v) is 6.52. The van der Waals surface area contributed by atoms with Crippen LogP contribution in [0.25, 0.3) is 0 Å². The van der Waals surface area contributed by atoms with Crippen molar-refractivity contribution < 1.29 is 38.4 Å². The summed E-state index contributed by atoms with van der Waals surface area (Å²) in [7, 11) is 0. The van der Waals surface area contributed by atoms with Gasteiger partial charge in [0, 0.05) is 4.47 Å². The van der Waals surface area contributed by atoms with E-state index < -0.39 is 29.7 Å². The van der Waals surface area contributed by atoms with Crippen LogP contribution in [0, 0.1) is 5.92 Å². The normalized spacial score (nSPS) is 15.1. The van der Waals surface area contributed by atoms with Crippen LogP contribution in [0.3, 0.4) is 0 Å². The molecule has 0 aromatic heterocycles. The molecule has 2 rings (SSSR count). The van der Waals surface area contributed by atoms with E-state index in [1.54, 1.807) is 19.9 Å². The number of amides is 2. The van der Waals surface area contributed by atoms with E-state index in [2.05, 4.69) is 15.9 Å². The summed E-state index contributed by atoms with van der Waals surface area (Å²) in [6, 6.07) is 3.40. The molecule has 100 valence electrons. The first-order chi connectivity index (χ1) is 8.84. The van der Waals surface area contributed by atoms with E-state index >= 15 is 0 Å². The number of hydrogen-bond acceptors (Lipinski definition) is 4. The predicted molar refractivity (Wildman–Crippen MR) is 68.3 cm³/mol. The molecule has 0 bridgehead atoms. The van der Waals surface area contributed by atoms with E-state index in [0.717, 1.165) is 4.90 Å². The Labute approximate surface area is 136 Å². The van der Waals surface area contributed by atoms with Gasteiger partial charge in [-0.2, -0.15) is 0 Å². The van der Waals surface area contributed by atoms with Gasteiger partial charge in [0.1, 0.15) is 0 Å². The van der Waals surface area contributed by atoms with Crippen LogP contribution in [0.4, 0.5) is 0 Å². The molecule has 0 saturated carbocycles. The molecule has 1 aliphatic rings. The van der Waals surface area contributed by atoms with Crippen molar-refractivity contribution in [2.75, 3.05) is 0 Å². The van der Waals surface area contributed by atoms with Gasteiger partial charge in [-0.05, 0) is 24.1 Å². The Balaban J connectivity index is 0.00000200. The van der Waals surface area contributed by atoms with Gasteiger partial charge in [0.15, 0.2) is 0 Å². The first-order valence-electron chi connectivity index (χ1n) is 5.73.